The number of benzene rings is 1. The Labute approximate surface area is 169 Å². The first kappa shape index (κ1) is 22.3. The number of rotatable bonds is 8. The van der Waals surface area contributed by atoms with Gasteiger partial charge in [0.05, 0.1) is 26.4 Å². The molecule has 0 N–H and O–H groups in total. The molecule has 2 fully saturated rings. The third-order valence-corrected chi connectivity index (χ3v) is 5.16. The first-order valence-corrected chi connectivity index (χ1v) is 10.2. The van der Waals surface area contributed by atoms with Crippen LogP contribution in [0.25, 0.3) is 0 Å². The Balaban J connectivity index is 1.34. The summed E-state index contributed by atoms with van der Waals surface area (Å²) < 4.78 is 63.7. The molecule has 29 heavy (non-hydrogen) atoms. The van der Waals surface area contributed by atoms with Crippen LogP contribution in [0.5, 0.6) is 5.75 Å². The molecular formula is C21H29F3O5. The molecule has 2 aliphatic heterocycles. The molecule has 0 amide bonds. The summed E-state index contributed by atoms with van der Waals surface area (Å²) in [5, 5.41) is 0. The summed E-state index contributed by atoms with van der Waals surface area (Å²) in [4.78, 5) is 0. The first-order chi connectivity index (χ1) is 13.9. The van der Waals surface area contributed by atoms with Crippen LogP contribution in [0.1, 0.15) is 50.9 Å². The van der Waals surface area contributed by atoms with Crippen LogP contribution in [0.2, 0.25) is 0 Å². The molecule has 2 aliphatic rings. The van der Waals surface area contributed by atoms with Crippen molar-refractivity contribution >= 4 is 0 Å². The lowest BCUT2D eigenvalue weighted by Crippen LogP contribution is -2.33. The molecule has 0 saturated carbocycles. The highest BCUT2D eigenvalue weighted by molar-refractivity contribution is 5.28. The second kappa shape index (κ2) is 10.6. The summed E-state index contributed by atoms with van der Waals surface area (Å²) in [6, 6.07) is 5.55. The zero-order valence-electron chi connectivity index (χ0n) is 16.7. The Kier molecular flexibility index (Phi) is 8.17. The van der Waals surface area contributed by atoms with Crippen molar-refractivity contribution in [3.05, 3.63) is 29.8 Å². The second-order valence-corrected chi connectivity index (χ2v) is 7.66. The maximum atomic E-state index is 12.2. The SMILES string of the molecule is CCCC[C@H]1CO[C@H](CC[C@H]2CO[C@H](c3ccc(OC(F)(F)F)cc3)OC2)OC1. The van der Waals surface area contributed by atoms with E-state index in [0.29, 0.717) is 24.7 Å². The van der Waals surface area contributed by atoms with Gasteiger partial charge in [0, 0.05) is 17.4 Å². The fraction of sp³-hybridized carbons (Fsp3) is 0.714. The van der Waals surface area contributed by atoms with Gasteiger partial charge in [0.15, 0.2) is 12.6 Å². The van der Waals surface area contributed by atoms with Crippen LogP contribution < -0.4 is 4.74 Å². The molecule has 2 saturated heterocycles. The summed E-state index contributed by atoms with van der Waals surface area (Å²) >= 11 is 0. The third-order valence-electron chi connectivity index (χ3n) is 5.16. The van der Waals surface area contributed by atoms with Crippen LogP contribution in [-0.4, -0.2) is 39.1 Å². The molecule has 164 valence electrons. The van der Waals surface area contributed by atoms with Gasteiger partial charge in [-0.1, -0.05) is 31.9 Å². The largest absolute Gasteiger partial charge is 0.573 e. The number of ether oxygens (including phenoxy) is 5. The lowest BCUT2D eigenvalue weighted by atomic mass is 10.0. The van der Waals surface area contributed by atoms with E-state index in [0.717, 1.165) is 32.5 Å². The van der Waals surface area contributed by atoms with Crippen molar-refractivity contribution in [1.29, 1.82) is 0 Å². The van der Waals surface area contributed by atoms with Crippen molar-refractivity contribution in [1.82, 2.24) is 0 Å². The Morgan fingerprint density at radius 2 is 1.45 bits per heavy atom. The summed E-state index contributed by atoms with van der Waals surface area (Å²) in [6.45, 7) is 4.76. The summed E-state index contributed by atoms with van der Waals surface area (Å²) in [5.41, 5.74) is 0.662. The average molecular weight is 418 g/mol. The highest BCUT2D eigenvalue weighted by Crippen LogP contribution is 2.30. The van der Waals surface area contributed by atoms with Crippen LogP contribution in [0.4, 0.5) is 13.2 Å². The van der Waals surface area contributed by atoms with Crippen molar-refractivity contribution < 1.29 is 36.9 Å². The van der Waals surface area contributed by atoms with Crippen molar-refractivity contribution in [2.75, 3.05) is 26.4 Å². The van der Waals surface area contributed by atoms with Gasteiger partial charge in [-0.25, -0.2) is 0 Å². The van der Waals surface area contributed by atoms with E-state index >= 15 is 0 Å². The zero-order chi connectivity index (χ0) is 20.7. The van der Waals surface area contributed by atoms with Gasteiger partial charge in [-0.05, 0) is 31.4 Å². The fourth-order valence-corrected chi connectivity index (χ4v) is 3.51. The number of unbranched alkanes of at least 4 members (excludes halogenated alkanes) is 1. The average Bonchev–Trinajstić information content (AvgIpc) is 2.71. The van der Waals surface area contributed by atoms with Crippen molar-refractivity contribution in [3.63, 3.8) is 0 Å². The highest BCUT2D eigenvalue weighted by atomic mass is 19.4. The van der Waals surface area contributed by atoms with Gasteiger partial charge in [0.1, 0.15) is 5.75 Å². The molecule has 0 aliphatic carbocycles. The van der Waals surface area contributed by atoms with Crippen LogP contribution in [0.3, 0.4) is 0 Å². The first-order valence-electron chi connectivity index (χ1n) is 10.2. The number of halogens is 3. The van der Waals surface area contributed by atoms with Crippen LogP contribution in [0, 0.1) is 11.8 Å². The van der Waals surface area contributed by atoms with Crippen LogP contribution in [-0.2, 0) is 18.9 Å². The van der Waals surface area contributed by atoms with E-state index in [1.807, 2.05) is 0 Å². The van der Waals surface area contributed by atoms with Crippen molar-refractivity contribution in [2.24, 2.45) is 11.8 Å². The number of alkyl halides is 3. The van der Waals surface area contributed by atoms with Gasteiger partial charge < -0.3 is 23.7 Å². The minimum atomic E-state index is -4.70. The topological polar surface area (TPSA) is 46.2 Å². The Hall–Kier alpha value is -1.35. The van der Waals surface area contributed by atoms with E-state index in [2.05, 4.69) is 11.7 Å². The molecule has 1 aromatic rings. The minimum Gasteiger partial charge on any atom is -0.406 e. The fourth-order valence-electron chi connectivity index (χ4n) is 3.51. The summed E-state index contributed by atoms with van der Waals surface area (Å²) in [5.74, 6) is 0.477. The second-order valence-electron chi connectivity index (χ2n) is 7.66. The van der Waals surface area contributed by atoms with Crippen molar-refractivity contribution in [2.45, 2.75) is 58.0 Å². The molecule has 3 rings (SSSR count). The molecule has 0 aromatic heterocycles. The van der Waals surface area contributed by atoms with E-state index in [9.17, 15) is 13.2 Å². The maximum Gasteiger partial charge on any atom is 0.573 e. The summed E-state index contributed by atoms with van der Waals surface area (Å²) in [6.07, 6.45) is -0.222. The molecule has 0 unspecified atom stereocenters. The van der Waals surface area contributed by atoms with Crippen LogP contribution in [0.15, 0.2) is 24.3 Å². The van der Waals surface area contributed by atoms with E-state index in [1.165, 1.54) is 37.1 Å². The third kappa shape index (κ3) is 7.44. The number of hydrogen-bond acceptors (Lipinski definition) is 5. The zero-order valence-corrected chi connectivity index (χ0v) is 16.7. The molecule has 8 heteroatoms. The molecule has 0 spiro atoms. The van der Waals surface area contributed by atoms with Crippen molar-refractivity contribution in [3.8, 4) is 5.75 Å². The summed E-state index contributed by atoms with van der Waals surface area (Å²) in [7, 11) is 0. The smallest absolute Gasteiger partial charge is 0.406 e. The Bertz CT molecular complexity index is 591. The van der Waals surface area contributed by atoms with Gasteiger partial charge in [-0.3, -0.25) is 0 Å². The van der Waals surface area contributed by atoms with E-state index in [4.69, 9.17) is 18.9 Å². The van der Waals surface area contributed by atoms with E-state index < -0.39 is 12.7 Å². The lowest BCUT2D eigenvalue weighted by molar-refractivity contribution is -0.274. The Morgan fingerprint density at radius 1 is 0.862 bits per heavy atom. The molecule has 0 bridgehead atoms. The Morgan fingerprint density at radius 3 is 2.03 bits per heavy atom. The monoisotopic (exact) mass is 418 g/mol. The molecule has 5 nitrogen and oxygen atoms in total. The van der Waals surface area contributed by atoms with Crippen LogP contribution >= 0.6 is 0 Å². The van der Waals surface area contributed by atoms with Gasteiger partial charge in [-0.15, -0.1) is 13.2 Å². The normalized spacial score (nSPS) is 28.3. The predicted molar refractivity (Wildman–Crippen MR) is 99.2 cm³/mol. The molecule has 1 aromatic carbocycles. The standard InChI is InChI=1S/C21H29F3O5/c1-2-3-4-15-11-25-19(26-12-15)10-5-16-13-27-20(28-14-16)17-6-8-18(9-7-17)29-21(22,23)24/h6-9,15-16,19-20H,2-5,10-14H2,1H3/t15-,16-,19-,20-. The van der Waals surface area contributed by atoms with Gasteiger partial charge >= 0.3 is 6.36 Å². The maximum absolute atomic E-state index is 12.2. The van der Waals surface area contributed by atoms with E-state index in [1.54, 1.807) is 0 Å². The molecule has 0 atom stereocenters. The molecular weight excluding hydrogens is 389 g/mol. The molecule has 0 radical (unpaired) electrons. The minimum absolute atomic E-state index is 0.160. The lowest BCUT2D eigenvalue weighted by Gasteiger charge is -2.32. The van der Waals surface area contributed by atoms with Gasteiger partial charge in [-0.2, -0.15) is 0 Å². The van der Waals surface area contributed by atoms with E-state index in [-0.39, 0.29) is 18.0 Å². The van der Waals surface area contributed by atoms with Gasteiger partial charge in [0.2, 0.25) is 0 Å². The number of hydrogen-bond donors (Lipinski definition) is 0. The van der Waals surface area contributed by atoms with Gasteiger partial charge in [0.25, 0.3) is 0 Å². The predicted octanol–water partition coefficient (Wildman–Crippen LogP) is 5.21. The molecule has 2 heterocycles. The highest BCUT2D eigenvalue weighted by Gasteiger charge is 2.31. The quantitative estimate of drug-likeness (QED) is 0.580.